The Morgan fingerprint density at radius 3 is 2.26 bits per heavy atom. The maximum Gasteiger partial charge on any atom is 0.350 e. The molecule has 3 aliphatic rings. The number of aliphatic carboxylic acids is 2. The van der Waals surface area contributed by atoms with Crippen molar-refractivity contribution in [1.29, 1.82) is 0 Å². The molecule has 350 valence electrons. The maximum absolute atomic E-state index is 14.5. The first-order chi connectivity index (χ1) is 31.5. The van der Waals surface area contributed by atoms with Crippen LogP contribution in [0.2, 0.25) is 5.02 Å². The number of morpholine rings is 1. The van der Waals surface area contributed by atoms with Crippen LogP contribution in [0.5, 0.6) is 23.0 Å². The van der Waals surface area contributed by atoms with Gasteiger partial charge in [-0.25, -0.2) is 14.6 Å². The largest absolute Gasteiger partial charge is 0.497 e. The number of aromatic nitrogens is 1. The van der Waals surface area contributed by atoms with Gasteiger partial charge in [-0.3, -0.25) is 14.4 Å². The highest BCUT2D eigenvalue weighted by atomic mass is 35.5. The fourth-order valence-corrected chi connectivity index (χ4v) is 10.9. The molecule has 0 unspecified atom stereocenters. The van der Waals surface area contributed by atoms with E-state index < -0.39 is 62.5 Å². The van der Waals surface area contributed by atoms with E-state index in [-0.39, 0.29) is 72.4 Å². The number of thiazole rings is 1. The third-order valence-corrected chi connectivity index (χ3v) is 15.2. The Bertz CT molecular complexity index is 2510. The van der Waals surface area contributed by atoms with Gasteiger partial charge < -0.3 is 59.6 Å². The molecule has 23 heteroatoms. The average Bonchev–Trinajstić information content (AvgIpc) is 3.91. The molecule has 3 aliphatic heterocycles. The summed E-state index contributed by atoms with van der Waals surface area (Å²) in [5, 5.41) is 27.2. The minimum Gasteiger partial charge on any atom is -0.497 e. The number of nitrogens with one attached hydrogen (secondary N) is 1. The number of nitrogens with zero attached hydrogens (tertiary/aromatic N) is 4. The molecule has 4 atom stereocenters. The summed E-state index contributed by atoms with van der Waals surface area (Å²) in [5.74, 6) is -2.55. The molecule has 0 saturated carbocycles. The van der Waals surface area contributed by atoms with Crippen LogP contribution >= 0.6 is 46.5 Å². The van der Waals surface area contributed by atoms with Gasteiger partial charge in [0.2, 0.25) is 11.5 Å². The normalized spacial score (nSPS) is 20.5. The van der Waals surface area contributed by atoms with Crippen molar-refractivity contribution < 1.29 is 62.7 Å². The fraction of sp³-hybridized carbons (Fsp3) is 0.372. The Kier molecular flexibility index (Phi) is 14.8. The van der Waals surface area contributed by atoms with Crippen LogP contribution in [0.15, 0.2) is 71.2 Å². The van der Waals surface area contributed by atoms with Crippen molar-refractivity contribution in [2.75, 3.05) is 52.0 Å². The molecule has 66 heavy (non-hydrogen) atoms. The molecule has 3 aromatic carbocycles. The zero-order valence-electron chi connectivity index (χ0n) is 35.9. The summed E-state index contributed by atoms with van der Waals surface area (Å²) < 4.78 is 27.2. The number of nitrogens with two attached hydrogens (primary N) is 1. The van der Waals surface area contributed by atoms with E-state index in [1.165, 1.54) is 24.1 Å². The number of benzene rings is 3. The molecule has 3 amide bonds. The van der Waals surface area contributed by atoms with Crippen LogP contribution in [0.4, 0.5) is 5.13 Å². The molecule has 0 spiro atoms. The number of halogens is 1. The summed E-state index contributed by atoms with van der Waals surface area (Å²) in [5.41, 5.74) is 5.29. The number of carboxylic acids is 2. The molecule has 0 bridgehead atoms. The van der Waals surface area contributed by atoms with E-state index in [9.17, 15) is 34.2 Å². The van der Waals surface area contributed by atoms with E-state index in [1.54, 1.807) is 43.4 Å². The average molecular weight is 986 g/mol. The van der Waals surface area contributed by atoms with Crippen molar-refractivity contribution >= 4 is 87.0 Å². The van der Waals surface area contributed by atoms with Crippen LogP contribution in [-0.4, -0.2) is 134 Å². The number of oxime groups is 1. The van der Waals surface area contributed by atoms with Crippen LogP contribution in [0, 0.1) is 0 Å². The van der Waals surface area contributed by atoms with Gasteiger partial charge in [0, 0.05) is 17.7 Å². The van der Waals surface area contributed by atoms with Gasteiger partial charge in [-0.05, 0) is 61.4 Å². The summed E-state index contributed by atoms with van der Waals surface area (Å²) in [6.45, 7) is 3.00. The van der Waals surface area contributed by atoms with Gasteiger partial charge in [0.15, 0.2) is 26.4 Å². The molecular formula is C43H45ClN6O13S3. The van der Waals surface area contributed by atoms with Crippen molar-refractivity contribution in [2.45, 2.75) is 54.2 Å². The summed E-state index contributed by atoms with van der Waals surface area (Å²) in [7, 11) is 3.15. The Morgan fingerprint density at radius 2 is 1.67 bits per heavy atom. The first-order valence-corrected chi connectivity index (χ1v) is 23.3. The van der Waals surface area contributed by atoms with Crippen molar-refractivity contribution in [3.63, 3.8) is 0 Å². The number of hydrogen-bond donors (Lipinski definition) is 4. The topological polar surface area (TPSA) is 251 Å². The molecule has 4 heterocycles. The lowest BCUT2D eigenvalue weighted by Crippen LogP contribution is -2.68. The SMILES string of the molecule is COc1ccc(COc2ccc(C(=O)N3CCOC[C@@H]3CS[C@]3(C(=O)O)CN4C(=O)[C@@H](NC(=O)/C(=N\OC(C)(C)C(=O)O)c5csc(N)n5)[C@H]4S3)c(Cl)c2OCc2ccc(OC)cc2)cc1. The monoisotopic (exact) mass is 984 g/mol. The molecule has 19 nitrogen and oxygen atoms in total. The first kappa shape index (κ1) is 48.0. The fourth-order valence-electron chi connectivity index (χ4n) is 6.84. The number of anilines is 1. The number of amides is 3. The van der Waals surface area contributed by atoms with Crippen LogP contribution in [0.1, 0.15) is 41.0 Å². The summed E-state index contributed by atoms with van der Waals surface area (Å²) in [6, 6.07) is 16.0. The molecule has 7 rings (SSSR count). The van der Waals surface area contributed by atoms with E-state index >= 15 is 0 Å². The van der Waals surface area contributed by atoms with Crippen molar-refractivity contribution in [3.8, 4) is 23.0 Å². The number of carboxylic acid groups (broad SMARTS) is 2. The molecule has 0 aliphatic carbocycles. The number of fused-ring (bicyclic) bond motifs is 1. The number of rotatable bonds is 19. The predicted octanol–water partition coefficient (Wildman–Crippen LogP) is 4.59. The van der Waals surface area contributed by atoms with Gasteiger partial charge in [0.25, 0.3) is 11.8 Å². The minimum absolute atomic E-state index is 0.0178. The smallest absolute Gasteiger partial charge is 0.350 e. The van der Waals surface area contributed by atoms with Gasteiger partial charge in [0.05, 0.1) is 50.6 Å². The maximum atomic E-state index is 14.5. The lowest BCUT2D eigenvalue weighted by molar-refractivity contribution is -0.161. The number of ether oxygens (including phenoxy) is 5. The third-order valence-electron chi connectivity index (χ3n) is 10.7. The number of carbonyl (C=O) groups excluding carboxylic acids is 3. The van der Waals surface area contributed by atoms with E-state index in [1.807, 2.05) is 36.4 Å². The Morgan fingerprint density at radius 1 is 1.02 bits per heavy atom. The standard InChI is InChI=1S/C43H45ClN6O13S3/c1-42(2,39(54)55)63-48-32(29-21-64-41(45)46-29)35(51)47-33-37(53)50-22-43(40(56)57,66-38(33)50)65-20-25-19-60-16-15-49(25)36(52)28-13-14-30(61-17-23-5-9-26(58-3)10-6-23)34(31(28)44)62-18-24-7-11-27(59-4)12-8-24/h5-14,21,25,33,38H,15-20,22H2,1-4H3,(H2,45,46)(H,47,51)(H,54,55)(H,56,57)/b48-32-/t25-,33-,38-,43-/m1/s1. The van der Waals surface area contributed by atoms with Crippen LogP contribution < -0.4 is 30.0 Å². The predicted molar refractivity (Wildman–Crippen MR) is 245 cm³/mol. The van der Waals surface area contributed by atoms with Gasteiger partial charge in [-0.2, -0.15) is 0 Å². The van der Waals surface area contributed by atoms with Gasteiger partial charge in [0.1, 0.15) is 41.8 Å². The second kappa shape index (κ2) is 20.3. The number of methoxy groups -OCH3 is 2. The van der Waals surface area contributed by atoms with E-state index in [0.717, 1.165) is 46.0 Å². The number of nitrogen functional groups attached to an aromatic ring is 1. The highest BCUT2D eigenvalue weighted by molar-refractivity contribution is 8.20. The van der Waals surface area contributed by atoms with Gasteiger partial charge in [-0.1, -0.05) is 41.0 Å². The van der Waals surface area contributed by atoms with E-state index in [0.29, 0.717) is 17.2 Å². The molecule has 3 saturated heterocycles. The highest BCUT2D eigenvalue weighted by Crippen LogP contribution is 2.53. The second-order valence-electron chi connectivity index (χ2n) is 15.5. The van der Waals surface area contributed by atoms with Crippen LogP contribution in [0.25, 0.3) is 0 Å². The van der Waals surface area contributed by atoms with Crippen molar-refractivity contribution in [3.05, 3.63) is 93.5 Å². The Labute approximate surface area is 395 Å². The van der Waals surface area contributed by atoms with E-state index in [4.69, 9.17) is 45.9 Å². The molecule has 4 aromatic rings. The van der Waals surface area contributed by atoms with Gasteiger partial charge in [-0.15, -0.1) is 34.9 Å². The number of β-lactam (4-membered cyclic amide) rings is 1. The zero-order chi connectivity index (χ0) is 47.3. The quantitative estimate of drug-likeness (QED) is 0.0570. The first-order valence-electron chi connectivity index (χ1n) is 20.1. The number of thioether (sulfide) groups is 2. The number of hydrogen-bond acceptors (Lipinski definition) is 17. The third kappa shape index (κ3) is 10.4. The molecule has 3 fully saturated rings. The van der Waals surface area contributed by atoms with Gasteiger partial charge >= 0.3 is 11.9 Å². The summed E-state index contributed by atoms with van der Waals surface area (Å²) >= 11 is 10.1. The summed E-state index contributed by atoms with van der Waals surface area (Å²) in [4.78, 5) is 78.4. The lowest BCUT2D eigenvalue weighted by atomic mass is 10.1. The molecular weight excluding hydrogens is 940 g/mol. The minimum atomic E-state index is -1.82. The van der Waals surface area contributed by atoms with Crippen LogP contribution in [0.3, 0.4) is 0 Å². The van der Waals surface area contributed by atoms with Crippen molar-refractivity contribution in [1.82, 2.24) is 20.1 Å². The lowest BCUT2D eigenvalue weighted by Gasteiger charge is -2.41. The zero-order valence-corrected chi connectivity index (χ0v) is 39.1. The van der Waals surface area contributed by atoms with Crippen molar-refractivity contribution in [2.24, 2.45) is 5.16 Å². The molecule has 0 radical (unpaired) electrons. The van der Waals surface area contributed by atoms with Crippen LogP contribution in [-0.2, 0) is 42.0 Å². The van der Waals surface area contributed by atoms with E-state index in [2.05, 4.69) is 15.5 Å². The molecule has 5 N–H and O–H groups in total. The molecule has 1 aromatic heterocycles. The summed E-state index contributed by atoms with van der Waals surface area (Å²) in [6.07, 6.45) is 0. The highest BCUT2D eigenvalue weighted by Gasteiger charge is 2.63. The second-order valence-corrected chi connectivity index (χ2v) is 19.7. The number of carbonyl (C=O) groups is 5. The Balaban J connectivity index is 1.06. The Hall–Kier alpha value is -5.94.